The van der Waals surface area contributed by atoms with Crippen LogP contribution in [0.25, 0.3) is 0 Å². The zero-order valence-corrected chi connectivity index (χ0v) is 19.4. The molecule has 0 unspecified atom stereocenters. The van der Waals surface area contributed by atoms with Crippen LogP contribution in [0.3, 0.4) is 0 Å². The van der Waals surface area contributed by atoms with Crippen molar-refractivity contribution in [3.8, 4) is 5.75 Å². The molecule has 182 valence electrons. The molecule has 0 spiro atoms. The number of carbonyl (C=O) groups is 3. The lowest BCUT2D eigenvalue weighted by atomic mass is 10.0. The molecule has 3 rings (SSSR count). The quantitative estimate of drug-likeness (QED) is 0.394. The van der Waals surface area contributed by atoms with Crippen molar-refractivity contribution in [1.29, 1.82) is 0 Å². The Morgan fingerprint density at radius 3 is 2.11 bits per heavy atom. The first-order valence-electron chi connectivity index (χ1n) is 11.2. The standard InChI is InChI=1S/C27H28FN3O4/c1-18(32)30-25(16-20-9-5-11-22(28)13-20)27(34)31-24(26(29)33)15-21-10-6-12-23(14-21)35-17-19-7-3-2-4-8-19/h2-14,24-25H,15-17H2,1H3,(H2,29,33)(H,30,32)(H,31,34)/t24-,25+/m0/s1. The Bertz CT molecular complexity index is 1170. The number of carbonyl (C=O) groups excluding carboxylic acids is 3. The third-order valence-electron chi connectivity index (χ3n) is 5.27. The second kappa shape index (κ2) is 12.3. The monoisotopic (exact) mass is 477 g/mol. The molecule has 4 N–H and O–H groups in total. The Morgan fingerprint density at radius 2 is 1.46 bits per heavy atom. The van der Waals surface area contributed by atoms with E-state index in [1.54, 1.807) is 30.3 Å². The van der Waals surface area contributed by atoms with Crippen LogP contribution in [0.1, 0.15) is 23.6 Å². The molecule has 3 aromatic rings. The summed E-state index contributed by atoms with van der Waals surface area (Å²) in [5.41, 5.74) is 7.84. The van der Waals surface area contributed by atoms with E-state index in [1.807, 2.05) is 30.3 Å². The molecular formula is C27H28FN3O4. The average molecular weight is 478 g/mol. The van der Waals surface area contributed by atoms with Crippen LogP contribution in [-0.2, 0) is 33.8 Å². The van der Waals surface area contributed by atoms with Gasteiger partial charge in [-0.3, -0.25) is 14.4 Å². The van der Waals surface area contributed by atoms with Gasteiger partial charge in [0, 0.05) is 19.8 Å². The van der Waals surface area contributed by atoms with Gasteiger partial charge < -0.3 is 21.1 Å². The molecule has 3 amide bonds. The topological polar surface area (TPSA) is 111 Å². The van der Waals surface area contributed by atoms with Crippen molar-refractivity contribution in [2.24, 2.45) is 5.73 Å². The molecule has 0 aliphatic carbocycles. The number of ether oxygens (including phenoxy) is 1. The molecule has 3 aromatic carbocycles. The van der Waals surface area contributed by atoms with Crippen LogP contribution >= 0.6 is 0 Å². The zero-order valence-electron chi connectivity index (χ0n) is 19.4. The van der Waals surface area contributed by atoms with Crippen molar-refractivity contribution < 1.29 is 23.5 Å². The number of nitrogens with one attached hydrogen (secondary N) is 2. The van der Waals surface area contributed by atoms with Crippen molar-refractivity contribution >= 4 is 17.7 Å². The lowest BCUT2D eigenvalue weighted by Crippen LogP contribution is -2.54. The smallest absolute Gasteiger partial charge is 0.243 e. The normalized spacial score (nSPS) is 12.3. The SMILES string of the molecule is CC(=O)N[C@H](Cc1cccc(F)c1)C(=O)N[C@@H](Cc1cccc(OCc2ccccc2)c1)C(N)=O. The van der Waals surface area contributed by atoms with Gasteiger partial charge >= 0.3 is 0 Å². The van der Waals surface area contributed by atoms with Crippen molar-refractivity contribution in [3.63, 3.8) is 0 Å². The van der Waals surface area contributed by atoms with E-state index in [-0.39, 0.29) is 12.8 Å². The Balaban J connectivity index is 1.67. The fourth-order valence-electron chi connectivity index (χ4n) is 3.59. The number of halogens is 1. The van der Waals surface area contributed by atoms with Crippen molar-refractivity contribution in [1.82, 2.24) is 10.6 Å². The summed E-state index contributed by atoms with van der Waals surface area (Å²) >= 11 is 0. The molecule has 0 heterocycles. The van der Waals surface area contributed by atoms with Crippen LogP contribution in [0.4, 0.5) is 4.39 Å². The maximum absolute atomic E-state index is 13.6. The maximum atomic E-state index is 13.6. The fraction of sp³-hybridized carbons (Fsp3) is 0.222. The number of benzene rings is 3. The molecule has 0 fully saturated rings. The van der Waals surface area contributed by atoms with Gasteiger partial charge in [0.2, 0.25) is 17.7 Å². The molecule has 0 aliphatic heterocycles. The summed E-state index contributed by atoms with van der Waals surface area (Å²) in [6.45, 7) is 1.66. The van der Waals surface area contributed by atoms with Crippen LogP contribution in [-0.4, -0.2) is 29.8 Å². The lowest BCUT2D eigenvalue weighted by molar-refractivity contribution is -0.130. The van der Waals surface area contributed by atoms with Crippen molar-refractivity contribution in [2.75, 3.05) is 0 Å². The predicted octanol–water partition coefficient (Wildman–Crippen LogP) is 2.66. The van der Waals surface area contributed by atoms with E-state index in [2.05, 4.69) is 10.6 Å². The highest BCUT2D eigenvalue weighted by Gasteiger charge is 2.25. The van der Waals surface area contributed by atoms with Gasteiger partial charge in [0.15, 0.2) is 0 Å². The number of hydrogen-bond donors (Lipinski definition) is 3. The molecule has 0 saturated carbocycles. The number of primary amides is 1. The van der Waals surface area contributed by atoms with Crippen LogP contribution in [0.15, 0.2) is 78.9 Å². The molecule has 0 aromatic heterocycles. The molecule has 0 bridgehead atoms. The number of hydrogen-bond acceptors (Lipinski definition) is 4. The molecule has 35 heavy (non-hydrogen) atoms. The summed E-state index contributed by atoms with van der Waals surface area (Å²) in [7, 11) is 0. The highest BCUT2D eigenvalue weighted by molar-refractivity contribution is 5.91. The van der Waals surface area contributed by atoms with Gasteiger partial charge in [-0.05, 0) is 41.0 Å². The van der Waals surface area contributed by atoms with E-state index in [9.17, 15) is 18.8 Å². The minimum atomic E-state index is -1.02. The molecule has 0 radical (unpaired) electrons. The summed E-state index contributed by atoms with van der Waals surface area (Å²) in [5, 5.41) is 5.17. The number of nitrogens with two attached hydrogens (primary N) is 1. The lowest BCUT2D eigenvalue weighted by Gasteiger charge is -2.22. The highest BCUT2D eigenvalue weighted by Crippen LogP contribution is 2.17. The summed E-state index contributed by atoms with van der Waals surface area (Å²) < 4.78 is 19.4. The van der Waals surface area contributed by atoms with E-state index in [0.29, 0.717) is 17.9 Å². The Hall–Kier alpha value is -4.20. The van der Waals surface area contributed by atoms with Gasteiger partial charge in [-0.1, -0.05) is 54.6 Å². The minimum absolute atomic E-state index is 0.0530. The number of rotatable bonds is 11. The second-order valence-corrected chi connectivity index (χ2v) is 8.18. The zero-order chi connectivity index (χ0) is 25.2. The fourth-order valence-corrected chi connectivity index (χ4v) is 3.59. The van der Waals surface area contributed by atoms with Gasteiger partial charge in [0.05, 0.1) is 0 Å². The number of amides is 3. The maximum Gasteiger partial charge on any atom is 0.243 e. The van der Waals surface area contributed by atoms with E-state index >= 15 is 0 Å². The predicted molar refractivity (Wildman–Crippen MR) is 130 cm³/mol. The summed E-state index contributed by atoms with van der Waals surface area (Å²) in [6, 6.07) is 20.6. The van der Waals surface area contributed by atoms with Crippen LogP contribution in [0, 0.1) is 5.82 Å². The van der Waals surface area contributed by atoms with E-state index in [4.69, 9.17) is 10.5 Å². The third-order valence-corrected chi connectivity index (χ3v) is 5.27. The van der Waals surface area contributed by atoms with Crippen molar-refractivity contribution in [2.45, 2.75) is 38.5 Å². The average Bonchev–Trinajstić information content (AvgIpc) is 2.82. The Kier molecular flexibility index (Phi) is 8.95. The van der Waals surface area contributed by atoms with Crippen LogP contribution in [0.2, 0.25) is 0 Å². The minimum Gasteiger partial charge on any atom is -0.489 e. The first-order valence-corrected chi connectivity index (χ1v) is 11.2. The molecule has 7 nitrogen and oxygen atoms in total. The van der Waals surface area contributed by atoms with Gasteiger partial charge in [0.25, 0.3) is 0 Å². The van der Waals surface area contributed by atoms with E-state index in [0.717, 1.165) is 11.1 Å². The largest absolute Gasteiger partial charge is 0.489 e. The molecule has 0 saturated heterocycles. The third kappa shape index (κ3) is 8.26. The van der Waals surface area contributed by atoms with Gasteiger partial charge in [0.1, 0.15) is 30.3 Å². The van der Waals surface area contributed by atoms with Crippen LogP contribution < -0.4 is 21.1 Å². The van der Waals surface area contributed by atoms with Crippen LogP contribution in [0.5, 0.6) is 5.75 Å². The summed E-state index contributed by atoms with van der Waals surface area (Å²) in [5.74, 6) is -1.58. The first-order chi connectivity index (χ1) is 16.8. The molecule has 0 aliphatic rings. The summed E-state index contributed by atoms with van der Waals surface area (Å²) in [6.07, 6.45) is 0.188. The Labute approximate surface area is 203 Å². The van der Waals surface area contributed by atoms with E-state index in [1.165, 1.54) is 25.1 Å². The first kappa shape index (κ1) is 25.4. The van der Waals surface area contributed by atoms with Gasteiger partial charge in [-0.15, -0.1) is 0 Å². The Morgan fingerprint density at radius 1 is 0.829 bits per heavy atom. The molecule has 8 heteroatoms. The van der Waals surface area contributed by atoms with Gasteiger partial charge in [-0.2, -0.15) is 0 Å². The van der Waals surface area contributed by atoms with Crippen molar-refractivity contribution in [3.05, 3.63) is 101 Å². The van der Waals surface area contributed by atoms with E-state index < -0.39 is 35.6 Å². The molecular weight excluding hydrogens is 449 g/mol. The van der Waals surface area contributed by atoms with Gasteiger partial charge in [-0.25, -0.2) is 4.39 Å². The second-order valence-electron chi connectivity index (χ2n) is 8.18. The molecule has 2 atom stereocenters. The summed E-state index contributed by atoms with van der Waals surface area (Å²) in [4.78, 5) is 36.7. The highest BCUT2D eigenvalue weighted by atomic mass is 19.1.